The molecule has 0 spiro atoms. The average Bonchev–Trinajstić information content (AvgIpc) is 2.36. The van der Waals surface area contributed by atoms with Gasteiger partial charge in [0.05, 0.1) is 4.83 Å². The Labute approximate surface area is 133 Å². The van der Waals surface area contributed by atoms with Crippen LogP contribution in [0.25, 0.3) is 0 Å². The Morgan fingerprint density at radius 3 is 2.11 bits per heavy atom. The van der Waals surface area contributed by atoms with E-state index in [0.29, 0.717) is 11.6 Å². The monoisotopic (exact) mass is 456 g/mol. The summed E-state index contributed by atoms with van der Waals surface area (Å²) in [4.78, 5) is -0.588. The van der Waals surface area contributed by atoms with Crippen LogP contribution in [-0.4, -0.2) is 0 Å². The van der Waals surface area contributed by atoms with E-state index in [1.54, 1.807) is 12.1 Å². The third-order valence-corrected chi connectivity index (χ3v) is 4.75. The minimum atomic E-state index is -1.20. The van der Waals surface area contributed by atoms with Gasteiger partial charge >= 0.3 is 0 Å². The third kappa shape index (κ3) is 3.23. The first kappa shape index (κ1) is 15.1. The van der Waals surface area contributed by atoms with Gasteiger partial charge in [-0.05, 0) is 29.8 Å². The summed E-state index contributed by atoms with van der Waals surface area (Å²) in [6, 6.07) is 6.77. The molecule has 0 N–H and O–H groups in total. The lowest BCUT2D eigenvalue weighted by Gasteiger charge is -2.14. The zero-order valence-electron chi connectivity index (χ0n) is 9.23. The summed E-state index contributed by atoms with van der Waals surface area (Å²) in [5.74, 6) is -3.08. The first-order valence-electron chi connectivity index (χ1n) is 5.13. The molecule has 2 aromatic rings. The molecule has 0 heterocycles. The van der Waals surface area contributed by atoms with Gasteiger partial charge in [0.25, 0.3) is 0 Å². The van der Waals surface area contributed by atoms with Crippen LogP contribution in [0.2, 0.25) is 0 Å². The molecule has 6 heteroatoms. The summed E-state index contributed by atoms with van der Waals surface area (Å²) in [7, 11) is 0. The quantitative estimate of drug-likeness (QED) is 0.376. The summed E-state index contributed by atoms with van der Waals surface area (Å²) < 4.78 is 41.4. The molecule has 0 nitrogen and oxygen atoms in total. The standard InChI is InChI=1S/C13H6Br3F3/c14-6-1-2-9(15)7(3-6)13(16)8-4-11(18)12(19)5-10(8)17/h1-5,13H. The normalized spacial score (nSPS) is 12.5. The van der Waals surface area contributed by atoms with Gasteiger partial charge in [0.1, 0.15) is 5.82 Å². The number of alkyl halides is 1. The average molecular weight is 459 g/mol. The molecule has 2 rings (SSSR count). The summed E-state index contributed by atoms with van der Waals surface area (Å²) in [5.41, 5.74) is 0.747. The zero-order valence-corrected chi connectivity index (χ0v) is 14.0. The van der Waals surface area contributed by atoms with E-state index in [1.807, 2.05) is 6.07 Å². The minimum Gasteiger partial charge on any atom is -0.207 e. The van der Waals surface area contributed by atoms with Crippen LogP contribution < -0.4 is 0 Å². The van der Waals surface area contributed by atoms with Crippen LogP contribution in [0.5, 0.6) is 0 Å². The van der Waals surface area contributed by atoms with E-state index in [-0.39, 0.29) is 5.56 Å². The molecule has 0 bridgehead atoms. The van der Waals surface area contributed by atoms with Gasteiger partial charge in [0.2, 0.25) is 0 Å². The van der Waals surface area contributed by atoms with E-state index in [4.69, 9.17) is 0 Å². The van der Waals surface area contributed by atoms with Gasteiger partial charge in [0, 0.05) is 20.6 Å². The van der Waals surface area contributed by atoms with Crippen molar-refractivity contribution in [3.63, 3.8) is 0 Å². The first-order valence-corrected chi connectivity index (χ1v) is 7.63. The third-order valence-electron chi connectivity index (χ3n) is 2.54. The van der Waals surface area contributed by atoms with Gasteiger partial charge in [0.15, 0.2) is 11.6 Å². The SMILES string of the molecule is Fc1cc(F)c(C(Br)c2cc(Br)ccc2Br)cc1F. The Kier molecular flexibility index (Phi) is 4.74. The van der Waals surface area contributed by atoms with Gasteiger partial charge in [-0.15, -0.1) is 0 Å². The molecule has 1 atom stereocenters. The Bertz CT molecular complexity index is 629. The molecule has 100 valence electrons. The predicted octanol–water partition coefficient (Wildman–Crippen LogP) is 6.11. The maximum atomic E-state index is 13.7. The van der Waals surface area contributed by atoms with Crippen molar-refractivity contribution >= 4 is 47.8 Å². The number of hydrogen-bond acceptors (Lipinski definition) is 0. The molecule has 0 amide bonds. The van der Waals surface area contributed by atoms with Crippen molar-refractivity contribution < 1.29 is 13.2 Å². The molecular weight excluding hydrogens is 453 g/mol. The smallest absolute Gasteiger partial charge is 0.161 e. The minimum absolute atomic E-state index is 0.0395. The molecule has 0 aliphatic rings. The van der Waals surface area contributed by atoms with Crippen molar-refractivity contribution in [2.45, 2.75) is 4.83 Å². The second-order valence-electron chi connectivity index (χ2n) is 3.82. The van der Waals surface area contributed by atoms with Crippen molar-refractivity contribution in [1.29, 1.82) is 0 Å². The number of rotatable bonds is 2. The van der Waals surface area contributed by atoms with E-state index in [0.717, 1.165) is 15.0 Å². The first-order chi connectivity index (χ1) is 8.90. The highest BCUT2D eigenvalue weighted by Crippen LogP contribution is 2.38. The Morgan fingerprint density at radius 2 is 1.42 bits per heavy atom. The molecule has 0 fully saturated rings. The molecule has 0 radical (unpaired) electrons. The Balaban J connectivity index is 2.52. The van der Waals surface area contributed by atoms with Gasteiger partial charge in [-0.3, -0.25) is 0 Å². The molecular formula is C13H6Br3F3. The Morgan fingerprint density at radius 1 is 0.789 bits per heavy atom. The Hall–Kier alpha value is -0.330. The van der Waals surface area contributed by atoms with Gasteiger partial charge in [-0.2, -0.15) is 0 Å². The second kappa shape index (κ2) is 5.97. The summed E-state index contributed by atoms with van der Waals surface area (Å²) >= 11 is 9.97. The topological polar surface area (TPSA) is 0 Å². The molecule has 1 unspecified atom stereocenters. The second-order valence-corrected chi connectivity index (χ2v) is 6.50. The molecule has 0 aromatic heterocycles. The summed E-state index contributed by atoms with van der Waals surface area (Å²) in [5, 5.41) is 0. The highest BCUT2D eigenvalue weighted by molar-refractivity contribution is 9.11. The van der Waals surface area contributed by atoms with Crippen LogP contribution in [0.1, 0.15) is 16.0 Å². The van der Waals surface area contributed by atoms with E-state index in [1.165, 1.54) is 0 Å². The van der Waals surface area contributed by atoms with Gasteiger partial charge < -0.3 is 0 Å². The van der Waals surface area contributed by atoms with Crippen LogP contribution in [0.4, 0.5) is 13.2 Å². The molecule has 0 aliphatic heterocycles. The fourth-order valence-electron chi connectivity index (χ4n) is 1.61. The van der Waals surface area contributed by atoms with Crippen molar-refractivity contribution in [3.05, 3.63) is 67.9 Å². The van der Waals surface area contributed by atoms with Gasteiger partial charge in [-0.1, -0.05) is 47.8 Å². The lowest BCUT2D eigenvalue weighted by Crippen LogP contribution is -2.00. The maximum absolute atomic E-state index is 13.7. The zero-order chi connectivity index (χ0) is 14.2. The van der Waals surface area contributed by atoms with Crippen LogP contribution in [0, 0.1) is 17.5 Å². The number of halogens is 6. The highest BCUT2D eigenvalue weighted by atomic mass is 79.9. The van der Waals surface area contributed by atoms with Crippen LogP contribution in [0.3, 0.4) is 0 Å². The largest absolute Gasteiger partial charge is 0.207 e. The van der Waals surface area contributed by atoms with Crippen LogP contribution >= 0.6 is 47.8 Å². The predicted molar refractivity (Wildman–Crippen MR) is 78.9 cm³/mol. The van der Waals surface area contributed by atoms with Crippen molar-refractivity contribution in [3.8, 4) is 0 Å². The van der Waals surface area contributed by atoms with Crippen molar-refractivity contribution in [1.82, 2.24) is 0 Å². The summed E-state index contributed by atoms with van der Waals surface area (Å²) in [6.45, 7) is 0. The fourth-order valence-corrected chi connectivity index (χ4v) is 3.50. The van der Waals surface area contributed by atoms with Crippen LogP contribution in [-0.2, 0) is 0 Å². The van der Waals surface area contributed by atoms with E-state index >= 15 is 0 Å². The number of benzene rings is 2. The van der Waals surface area contributed by atoms with Crippen molar-refractivity contribution in [2.24, 2.45) is 0 Å². The molecule has 0 aliphatic carbocycles. The molecule has 2 aromatic carbocycles. The van der Waals surface area contributed by atoms with E-state index in [9.17, 15) is 13.2 Å². The van der Waals surface area contributed by atoms with Gasteiger partial charge in [-0.25, -0.2) is 13.2 Å². The van der Waals surface area contributed by atoms with Crippen molar-refractivity contribution in [2.75, 3.05) is 0 Å². The molecule has 19 heavy (non-hydrogen) atoms. The maximum Gasteiger partial charge on any atom is 0.161 e. The molecule has 0 saturated heterocycles. The van der Waals surface area contributed by atoms with E-state index < -0.39 is 22.3 Å². The summed E-state index contributed by atoms with van der Waals surface area (Å²) in [6.07, 6.45) is 0. The van der Waals surface area contributed by atoms with E-state index in [2.05, 4.69) is 47.8 Å². The number of hydrogen-bond donors (Lipinski definition) is 0. The highest BCUT2D eigenvalue weighted by Gasteiger charge is 2.20. The molecule has 0 saturated carbocycles. The van der Waals surface area contributed by atoms with Crippen LogP contribution in [0.15, 0.2) is 39.3 Å². The lowest BCUT2D eigenvalue weighted by atomic mass is 10.0. The lowest BCUT2D eigenvalue weighted by molar-refractivity contribution is 0.491. The fraction of sp³-hybridized carbons (Fsp3) is 0.0769.